The van der Waals surface area contributed by atoms with E-state index in [4.69, 9.17) is 19.5 Å². The molecule has 1 aliphatic carbocycles. The second-order valence-electron chi connectivity index (χ2n) is 8.86. The number of carbonyl (C=O) groups excluding carboxylic acids is 1. The summed E-state index contributed by atoms with van der Waals surface area (Å²) in [5.74, 6) is -0.320. The van der Waals surface area contributed by atoms with E-state index < -0.39 is 5.60 Å². The molecule has 0 spiro atoms. The van der Waals surface area contributed by atoms with Crippen molar-refractivity contribution in [2.75, 3.05) is 19.8 Å². The van der Waals surface area contributed by atoms with E-state index >= 15 is 0 Å². The fraction of sp³-hybridized carbons (Fsp3) is 0.636. The van der Waals surface area contributed by atoms with E-state index in [9.17, 15) is 4.79 Å². The third kappa shape index (κ3) is 4.69. The molecule has 0 N–H and O–H groups in total. The van der Waals surface area contributed by atoms with Crippen LogP contribution in [0.2, 0.25) is 0 Å². The Bertz CT molecular complexity index is 704. The minimum Gasteiger partial charge on any atom is -0.458 e. The molecule has 3 fully saturated rings. The van der Waals surface area contributed by atoms with Crippen molar-refractivity contribution in [3.05, 3.63) is 35.4 Å². The summed E-state index contributed by atoms with van der Waals surface area (Å²) in [4.78, 5) is 11.7. The van der Waals surface area contributed by atoms with Gasteiger partial charge in [0.15, 0.2) is 0 Å². The van der Waals surface area contributed by atoms with Crippen molar-refractivity contribution in [3.8, 4) is 6.07 Å². The van der Waals surface area contributed by atoms with Gasteiger partial charge in [-0.25, -0.2) is 4.79 Å². The molecule has 2 bridgehead atoms. The average Bonchev–Trinajstić information content (AvgIpc) is 2.65. The Morgan fingerprint density at radius 2 is 2.00 bits per heavy atom. The van der Waals surface area contributed by atoms with Crippen LogP contribution in [0.1, 0.15) is 64.0 Å². The van der Waals surface area contributed by atoms with Gasteiger partial charge in [-0.1, -0.05) is 12.1 Å². The molecule has 3 aliphatic rings. The first-order valence-electron chi connectivity index (χ1n) is 9.70. The van der Waals surface area contributed by atoms with Crippen molar-refractivity contribution in [3.63, 3.8) is 0 Å². The van der Waals surface area contributed by atoms with Crippen LogP contribution in [-0.2, 0) is 24.6 Å². The van der Waals surface area contributed by atoms with Crippen molar-refractivity contribution in [2.45, 2.75) is 64.1 Å². The molecule has 5 nitrogen and oxygen atoms in total. The average molecular weight is 371 g/mol. The largest absolute Gasteiger partial charge is 0.458 e. The van der Waals surface area contributed by atoms with E-state index in [1.165, 1.54) is 0 Å². The normalized spacial score (nSPS) is 27.2. The topological polar surface area (TPSA) is 68.5 Å². The summed E-state index contributed by atoms with van der Waals surface area (Å²) in [6.45, 7) is 6.80. The summed E-state index contributed by atoms with van der Waals surface area (Å²) in [7, 11) is 0. The highest BCUT2D eigenvalue weighted by Gasteiger charge is 2.50. The summed E-state index contributed by atoms with van der Waals surface area (Å²) in [5, 5.41) is 9.15. The lowest BCUT2D eigenvalue weighted by atomic mass is 9.63. The SMILES string of the molecule is CC(C)(C)OC(=O)COCCC12CCC(c3cccc(C#N)c3)(CC1)OC2. The lowest BCUT2D eigenvalue weighted by Gasteiger charge is -2.53. The zero-order valence-electron chi connectivity index (χ0n) is 16.5. The number of esters is 1. The third-order valence-electron chi connectivity index (χ3n) is 5.71. The number of rotatable bonds is 6. The van der Waals surface area contributed by atoms with Crippen LogP contribution in [0.5, 0.6) is 0 Å². The van der Waals surface area contributed by atoms with Gasteiger partial charge < -0.3 is 14.2 Å². The van der Waals surface area contributed by atoms with E-state index in [1.54, 1.807) is 0 Å². The predicted octanol–water partition coefficient (Wildman–Crippen LogP) is 4.09. The van der Waals surface area contributed by atoms with Gasteiger partial charge in [-0.3, -0.25) is 0 Å². The molecule has 4 rings (SSSR count). The highest BCUT2D eigenvalue weighted by molar-refractivity contribution is 5.71. The van der Waals surface area contributed by atoms with Crippen LogP contribution in [-0.4, -0.2) is 31.4 Å². The standard InChI is InChI=1S/C22H29NO4/c1-20(2,3)27-19(24)15-25-12-11-21-7-9-22(10-8-21,26-16-21)18-6-4-5-17(13-18)14-23/h4-6,13H,7-12,15-16H2,1-3H3. The van der Waals surface area contributed by atoms with Crippen LogP contribution in [0.15, 0.2) is 24.3 Å². The number of ether oxygens (including phenoxy) is 3. The molecule has 2 aliphatic heterocycles. The zero-order chi connectivity index (χ0) is 19.5. The molecule has 0 aromatic heterocycles. The van der Waals surface area contributed by atoms with Gasteiger partial charge in [0.05, 0.1) is 23.8 Å². The molecule has 0 atom stereocenters. The Hall–Kier alpha value is -1.90. The summed E-state index contributed by atoms with van der Waals surface area (Å²) < 4.78 is 17.2. The molecule has 2 saturated heterocycles. The predicted molar refractivity (Wildman–Crippen MR) is 101 cm³/mol. The van der Waals surface area contributed by atoms with Gasteiger partial charge in [0.1, 0.15) is 12.2 Å². The number of nitriles is 1. The Balaban J connectivity index is 1.49. The van der Waals surface area contributed by atoms with Crippen LogP contribution in [0.4, 0.5) is 0 Å². The molecule has 146 valence electrons. The molecule has 0 unspecified atom stereocenters. The van der Waals surface area contributed by atoms with E-state index in [0.717, 1.165) is 37.7 Å². The second-order valence-corrected chi connectivity index (χ2v) is 8.86. The van der Waals surface area contributed by atoms with Gasteiger partial charge in [-0.2, -0.15) is 5.26 Å². The van der Waals surface area contributed by atoms with Gasteiger partial charge in [0.25, 0.3) is 0 Å². The van der Waals surface area contributed by atoms with Gasteiger partial charge in [-0.05, 0) is 76.0 Å². The maximum absolute atomic E-state index is 11.7. The fourth-order valence-electron chi connectivity index (χ4n) is 4.15. The van der Waals surface area contributed by atoms with E-state index in [-0.39, 0.29) is 23.6 Å². The minimum atomic E-state index is -0.480. The lowest BCUT2D eigenvalue weighted by Crippen LogP contribution is -2.49. The molecular weight excluding hydrogens is 342 g/mol. The Labute approximate surface area is 161 Å². The van der Waals surface area contributed by atoms with Crippen LogP contribution in [0.25, 0.3) is 0 Å². The fourth-order valence-corrected chi connectivity index (χ4v) is 4.15. The number of fused-ring (bicyclic) bond motifs is 3. The van der Waals surface area contributed by atoms with Crippen LogP contribution >= 0.6 is 0 Å². The summed E-state index contributed by atoms with van der Waals surface area (Å²) in [6, 6.07) is 10.0. The number of hydrogen-bond acceptors (Lipinski definition) is 5. The Kier molecular flexibility index (Phi) is 5.60. The van der Waals surface area contributed by atoms with Crippen molar-refractivity contribution in [1.82, 2.24) is 0 Å². The van der Waals surface area contributed by atoms with Gasteiger partial charge in [0.2, 0.25) is 0 Å². The summed E-state index contributed by atoms with van der Waals surface area (Å²) in [5.41, 5.74) is 1.22. The lowest BCUT2D eigenvalue weighted by molar-refractivity contribution is -0.195. The number of nitrogens with zero attached hydrogens (tertiary/aromatic N) is 1. The molecule has 27 heavy (non-hydrogen) atoms. The first kappa shape index (κ1) is 19.9. The smallest absolute Gasteiger partial charge is 0.332 e. The summed E-state index contributed by atoms with van der Waals surface area (Å²) >= 11 is 0. The molecular formula is C22H29NO4. The molecule has 2 heterocycles. The highest BCUT2D eigenvalue weighted by Crippen LogP contribution is 2.54. The van der Waals surface area contributed by atoms with Crippen LogP contribution in [0, 0.1) is 16.7 Å². The third-order valence-corrected chi connectivity index (χ3v) is 5.71. The molecule has 1 aromatic carbocycles. The van der Waals surface area contributed by atoms with Crippen molar-refractivity contribution < 1.29 is 19.0 Å². The van der Waals surface area contributed by atoms with Crippen LogP contribution < -0.4 is 0 Å². The Morgan fingerprint density at radius 1 is 1.26 bits per heavy atom. The van der Waals surface area contributed by atoms with Crippen molar-refractivity contribution in [1.29, 1.82) is 5.26 Å². The quantitative estimate of drug-likeness (QED) is 0.556. The molecule has 1 saturated carbocycles. The second kappa shape index (κ2) is 7.61. The molecule has 0 radical (unpaired) electrons. The maximum atomic E-state index is 11.7. The highest BCUT2D eigenvalue weighted by atomic mass is 16.6. The number of carbonyl (C=O) groups is 1. The molecule has 1 aromatic rings. The molecule has 0 amide bonds. The minimum absolute atomic E-state index is 0.000896. The first-order valence-corrected chi connectivity index (χ1v) is 9.70. The van der Waals surface area contributed by atoms with E-state index in [1.807, 2.05) is 39.0 Å². The van der Waals surface area contributed by atoms with Crippen LogP contribution in [0.3, 0.4) is 0 Å². The number of benzene rings is 1. The maximum Gasteiger partial charge on any atom is 0.332 e. The van der Waals surface area contributed by atoms with Gasteiger partial charge in [0, 0.05) is 6.61 Å². The van der Waals surface area contributed by atoms with Crippen molar-refractivity contribution in [2.24, 2.45) is 5.41 Å². The van der Waals surface area contributed by atoms with Gasteiger partial charge in [-0.15, -0.1) is 0 Å². The molecule has 5 heteroatoms. The van der Waals surface area contributed by atoms with E-state index in [2.05, 4.69) is 12.1 Å². The zero-order valence-corrected chi connectivity index (χ0v) is 16.5. The monoisotopic (exact) mass is 371 g/mol. The Morgan fingerprint density at radius 3 is 2.59 bits per heavy atom. The van der Waals surface area contributed by atoms with E-state index in [0.29, 0.717) is 18.8 Å². The number of hydrogen-bond donors (Lipinski definition) is 0. The summed E-state index contributed by atoms with van der Waals surface area (Å²) in [6.07, 6.45) is 4.99. The van der Waals surface area contributed by atoms with Crippen molar-refractivity contribution >= 4 is 5.97 Å². The van der Waals surface area contributed by atoms with Gasteiger partial charge >= 0.3 is 5.97 Å². The first-order chi connectivity index (χ1) is 12.8.